The van der Waals surface area contributed by atoms with E-state index in [1.54, 1.807) is 30.9 Å². The van der Waals surface area contributed by atoms with E-state index in [0.717, 1.165) is 5.56 Å². The van der Waals surface area contributed by atoms with E-state index in [2.05, 4.69) is 0 Å². The third-order valence-electron chi connectivity index (χ3n) is 4.26. The number of para-hydroxylation sites is 2. The van der Waals surface area contributed by atoms with E-state index in [9.17, 15) is 9.59 Å². The minimum atomic E-state index is -0.581. The van der Waals surface area contributed by atoms with E-state index in [1.165, 1.54) is 0 Å². The molecule has 6 heteroatoms. The van der Waals surface area contributed by atoms with Gasteiger partial charge >= 0.3 is 5.97 Å². The zero-order chi connectivity index (χ0) is 18.7. The number of benzene rings is 2. The lowest BCUT2D eigenvalue weighted by atomic mass is 10.1. The van der Waals surface area contributed by atoms with Gasteiger partial charge in [0.25, 0.3) is 5.91 Å². The average molecular weight is 374 g/mol. The standard InChI is InChI=1S/C20H20ClNO4/c1-13(15-7-3-4-8-16(15)21)26-19(23)11-12-22-17-9-5-6-10-18(17)25-14(2)20(22)24/h3-10,13-14H,11-12H2,1-2H3/t13-,14+/m1/s1. The summed E-state index contributed by atoms with van der Waals surface area (Å²) in [4.78, 5) is 26.2. The summed E-state index contributed by atoms with van der Waals surface area (Å²) < 4.78 is 11.1. The van der Waals surface area contributed by atoms with Gasteiger partial charge in [-0.05, 0) is 32.0 Å². The van der Waals surface area contributed by atoms with Crippen molar-refractivity contribution in [2.24, 2.45) is 0 Å². The Balaban J connectivity index is 1.64. The average Bonchev–Trinajstić information content (AvgIpc) is 2.62. The maximum absolute atomic E-state index is 12.4. The van der Waals surface area contributed by atoms with Crippen LogP contribution < -0.4 is 9.64 Å². The Bertz CT molecular complexity index is 823. The summed E-state index contributed by atoms with van der Waals surface area (Å²) in [5.74, 6) is 0.0786. The van der Waals surface area contributed by atoms with Crippen molar-refractivity contribution in [2.45, 2.75) is 32.5 Å². The molecule has 0 N–H and O–H groups in total. The molecule has 2 atom stereocenters. The number of carbonyl (C=O) groups excluding carboxylic acids is 2. The monoisotopic (exact) mass is 373 g/mol. The molecule has 3 rings (SSSR count). The zero-order valence-corrected chi connectivity index (χ0v) is 15.4. The number of hydrogen-bond acceptors (Lipinski definition) is 4. The van der Waals surface area contributed by atoms with Gasteiger partial charge in [-0.3, -0.25) is 9.59 Å². The Morgan fingerprint density at radius 2 is 1.92 bits per heavy atom. The predicted octanol–water partition coefficient (Wildman–Crippen LogP) is 4.15. The fraction of sp³-hybridized carbons (Fsp3) is 0.300. The molecule has 1 aliphatic heterocycles. The number of hydrogen-bond donors (Lipinski definition) is 0. The summed E-state index contributed by atoms with van der Waals surface area (Å²) in [5.41, 5.74) is 1.42. The summed E-state index contributed by atoms with van der Waals surface area (Å²) in [5, 5.41) is 0.555. The molecule has 0 saturated heterocycles. The van der Waals surface area contributed by atoms with Gasteiger partial charge in [-0.1, -0.05) is 41.9 Å². The molecular weight excluding hydrogens is 354 g/mol. The van der Waals surface area contributed by atoms with Crippen LogP contribution in [0.3, 0.4) is 0 Å². The maximum Gasteiger partial charge on any atom is 0.308 e. The Morgan fingerprint density at radius 3 is 2.69 bits per heavy atom. The molecule has 1 aliphatic rings. The van der Waals surface area contributed by atoms with Crippen LogP contribution >= 0.6 is 11.6 Å². The van der Waals surface area contributed by atoms with Crippen LogP contribution in [-0.4, -0.2) is 24.5 Å². The van der Waals surface area contributed by atoms with Crippen LogP contribution in [-0.2, 0) is 14.3 Å². The van der Waals surface area contributed by atoms with Crippen molar-refractivity contribution >= 4 is 29.2 Å². The number of ether oxygens (including phenoxy) is 2. The van der Waals surface area contributed by atoms with Crippen LogP contribution in [0.2, 0.25) is 5.02 Å². The highest BCUT2D eigenvalue weighted by Crippen LogP contribution is 2.33. The number of carbonyl (C=O) groups is 2. The van der Waals surface area contributed by atoms with E-state index in [-0.39, 0.29) is 24.8 Å². The molecule has 0 spiro atoms. The Hall–Kier alpha value is -2.53. The van der Waals surface area contributed by atoms with Crippen LogP contribution in [0.25, 0.3) is 0 Å². The van der Waals surface area contributed by atoms with Crippen molar-refractivity contribution in [3.63, 3.8) is 0 Å². The highest BCUT2D eigenvalue weighted by Gasteiger charge is 2.31. The highest BCUT2D eigenvalue weighted by atomic mass is 35.5. The SMILES string of the molecule is C[C@@H]1Oc2ccccc2N(CCC(=O)O[C@H](C)c2ccccc2Cl)C1=O. The quantitative estimate of drug-likeness (QED) is 0.739. The minimum absolute atomic E-state index is 0.0849. The van der Waals surface area contributed by atoms with Crippen molar-refractivity contribution < 1.29 is 19.1 Å². The number of rotatable bonds is 5. The van der Waals surface area contributed by atoms with Gasteiger partial charge in [-0.2, -0.15) is 0 Å². The smallest absolute Gasteiger partial charge is 0.308 e. The third kappa shape index (κ3) is 3.83. The fourth-order valence-corrected chi connectivity index (χ4v) is 3.21. The number of halogens is 1. The lowest BCUT2D eigenvalue weighted by molar-refractivity contribution is -0.148. The van der Waals surface area contributed by atoms with Crippen LogP contribution in [0.4, 0.5) is 5.69 Å². The molecule has 1 heterocycles. The minimum Gasteiger partial charge on any atom is -0.479 e. The van der Waals surface area contributed by atoms with Crippen molar-refractivity contribution in [3.8, 4) is 5.75 Å². The molecular formula is C20H20ClNO4. The maximum atomic E-state index is 12.4. The van der Waals surface area contributed by atoms with Gasteiger partial charge < -0.3 is 14.4 Å². The van der Waals surface area contributed by atoms with E-state index >= 15 is 0 Å². The van der Waals surface area contributed by atoms with Gasteiger partial charge in [0.1, 0.15) is 11.9 Å². The van der Waals surface area contributed by atoms with Crippen LogP contribution in [0.5, 0.6) is 5.75 Å². The number of anilines is 1. The van der Waals surface area contributed by atoms with Crippen LogP contribution in [0.1, 0.15) is 31.9 Å². The first-order chi connectivity index (χ1) is 12.5. The molecule has 26 heavy (non-hydrogen) atoms. The lowest BCUT2D eigenvalue weighted by Crippen LogP contribution is -2.45. The Morgan fingerprint density at radius 1 is 1.23 bits per heavy atom. The zero-order valence-electron chi connectivity index (χ0n) is 14.6. The molecule has 0 unspecified atom stereocenters. The molecule has 0 saturated carbocycles. The van der Waals surface area contributed by atoms with E-state index in [0.29, 0.717) is 16.5 Å². The lowest BCUT2D eigenvalue weighted by Gasteiger charge is -2.32. The number of nitrogens with zero attached hydrogens (tertiary/aromatic N) is 1. The second-order valence-corrected chi connectivity index (χ2v) is 6.53. The van der Waals surface area contributed by atoms with Crippen molar-refractivity contribution in [1.29, 1.82) is 0 Å². The first kappa shape index (κ1) is 18.3. The van der Waals surface area contributed by atoms with Crippen molar-refractivity contribution in [1.82, 2.24) is 0 Å². The van der Waals surface area contributed by atoms with Gasteiger partial charge in [-0.15, -0.1) is 0 Å². The molecule has 1 amide bonds. The molecule has 2 aromatic rings. The third-order valence-corrected chi connectivity index (χ3v) is 4.61. The summed E-state index contributed by atoms with van der Waals surface area (Å²) in [6.45, 7) is 3.71. The fourth-order valence-electron chi connectivity index (χ4n) is 2.92. The molecule has 0 fully saturated rings. The molecule has 0 bridgehead atoms. The van der Waals surface area contributed by atoms with Gasteiger partial charge in [0.2, 0.25) is 0 Å². The predicted molar refractivity (Wildman–Crippen MR) is 99.5 cm³/mol. The number of amides is 1. The van der Waals surface area contributed by atoms with Gasteiger partial charge in [0.15, 0.2) is 6.10 Å². The Kier molecular flexibility index (Phi) is 5.47. The summed E-state index contributed by atoms with van der Waals surface area (Å²) in [6, 6.07) is 14.5. The summed E-state index contributed by atoms with van der Waals surface area (Å²) in [6.07, 6.45) is -0.951. The highest BCUT2D eigenvalue weighted by molar-refractivity contribution is 6.31. The van der Waals surface area contributed by atoms with Crippen molar-refractivity contribution in [3.05, 3.63) is 59.1 Å². The van der Waals surface area contributed by atoms with Crippen molar-refractivity contribution in [2.75, 3.05) is 11.4 Å². The second kappa shape index (κ2) is 7.79. The number of fused-ring (bicyclic) bond motifs is 1. The number of esters is 1. The normalized spacial score (nSPS) is 17.3. The Labute approximate surface area is 157 Å². The van der Waals surface area contributed by atoms with Crippen LogP contribution in [0, 0.1) is 0 Å². The molecule has 2 aromatic carbocycles. The van der Waals surface area contributed by atoms with E-state index in [4.69, 9.17) is 21.1 Å². The van der Waals surface area contributed by atoms with E-state index in [1.807, 2.05) is 36.4 Å². The summed E-state index contributed by atoms with van der Waals surface area (Å²) in [7, 11) is 0. The molecule has 136 valence electrons. The topological polar surface area (TPSA) is 55.8 Å². The first-order valence-corrected chi connectivity index (χ1v) is 8.86. The van der Waals surface area contributed by atoms with Gasteiger partial charge in [0.05, 0.1) is 12.1 Å². The van der Waals surface area contributed by atoms with E-state index < -0.39 is 12.2 Å². The first-order valence-electron chi connectivity index (χ1n) is 8.48. The van der Waals surface area contributed by atoms with Gasteiger partial charge in [0, 0.05) is 17.1 Å². The molecule has 0 aromatic heterocycles. The van der Waals surface area contributed by atoms with Gasteiger partial charge in [-0.25, -0.2) is 0 Å². The molecule has 5 nitrogen and oxygen atoms in total. The molecule has 0 aliphatic carbocycles. The largest absolute Gasteiger partial charge is 0.479 e. The van der Waals surface area contributed by atoms with Crippen LogP contribution in [0.15, 0.2) is 48.5 Å². The second-order valence-electron chi connectivity index (χ2n) is 6.12. The molecule has 0 radical (unpaired) electrons. The summed E-state index contributed by atoms with van der Waals surface area (Å²) >= 11 is 6.13.